The van der Waals surface area contributed by atoms with E-state index in [0.29, 0.717) is 5.69 Å². The second kappa shape index (κ2) is 5.73. The molecule has 0 bridgehead atoms. The van der Waals surface area contributed by atoms with Crippen LogP contribution in [0.4, 0.5) is 11.4 Å². The summed E-state index contributed by atoms with van der Waals surface area (Å²) >= 11 is 0. The van der Waals surface area contributed by atoms with Crippen molar-refractivity contribution in [3.63, 3.8) is 0 Å². The van der Waals surface area contributed by atoms with Crippen molar-refractivity contribution < 1.29 is 13.5 Å². The van der Waals surface area contributed by atoms with Gasteiger partial charge in [-0.05, 0) is 35.9 Å². The number of benzene rings is 2. The number of nitriles is 1. The molecule has 2 rings (SSSR count). The van der Waals surface area contributed by atoms with Crippen molar-refractivity contribution in [1.82, 2.24) is 0 Å². The number of sulfonamides is 1. The SMILES string of the molecule is N#CCc1ccc(NS(=O)(=O)c2ccc(O)c(N)c2)cc1. The quantitative estimate of drug-likeness (QED) is 0.588. The number of nitrogens with one attached hydrogen (secondary N) is 1. The van der Waals surface area contributed by atoms with Crippen LogP contribution in [0.1, 0.15) is 5.56 Å². The summed E-state index contributed by atoms with van der Waals surface area (Å²) in [4.78, 5) is -0.0427. The zero-order valence-corrected chi connectivity index (χ0v) is 11.8. The number of nitrogen functional groups attached to an aromatic ring is 1. The molecular formula is C14H13N3O3S. The predicted octanol–water partition coefficient (Wildman–Crippen LogP) is 1.84. The van der Waals surface area contributed by atoms with Gasteiger partial charge in [0.25, 0.3) is 10.0 Å². The van der Waals surface area contributed by atoms with Crippen molar-refractivity contribution in [2.45, 2.75) is 11.3 Å². The van der Waals surface area contributed by atoms with Crippen molar-refractivity contribution in [1.29, 1.82) is 5.26 Å². The van der Waals surface area contributed by atoms with Crippen LogP contribution < -0.4 is 10.5 Å². The molecule has 2 aromatic rings. The number of rotatable bonds is 4. The zero-order chi connectivity index (χ0) is 15.5. The highest BCUT2D eigenvalue weighted by molar-refractivity contribution is 7.92. The Labute approximate surface area is 122 Å². The van der Waals surface area contributed by atoms with E-state index in [9.17, 15) is 13.5 Å². The van der Waals surface area contributed by atoms with Gasteiger partial charge >= 0.3 is 0 Å². The number of anilines is 2. The van der Waals surface area contributed by atoms with Crippen molar-refractivity contribution in [2.75, 3.05) is 10.5 Å². The third-order valence-corrected chi connectivity index (χ3v) is 4.18. The van der Waals surface area contributed by atoms with Gasteiger partial charge in [-0.1, -0.05) is 12.1 Å². The Kier molecular flexibility index (Phi) is 4.00. The smallest absolute Gasteiger partial charge is 0.261 e. The number of hydrogen-bond acceptors (Lipinski definition) is 5. The minimum absolute atomic E-state index is 0.0118. The molecule has 0 amide bonds. The van der Waals surface area contributed by atoms with Gasteiger partial charge in [0.15, 0.2) is 0 Å². The minimum Gasteiger partial charge on any atom is -0.506 e. The van der Waals surface area contributed by atoms with E-state index in [4.69, 9.17) is 11.0 Å². The van der Waals surface area contributed by atoms with E-state index in [0.717, 1.165) is 5.56 Å². The van der Waals surface area contributed by atoms with E-state index >= 15 is 0 Å². The Morgan fingerprint density at radius 2 is 1.86 bits per heavy atom. The van der Waals surface area contributed by atoms with Gasteiger partial charge < -0.3 is 10.8 Å². The summed E-state index contributed by atoms with van der Waals surface area (Å²) in [5.41, 5.74) is 6.66. The molecule has 2 aromatic carbocycles. The summed E-state index contributed by atoms with van der Waals surface area (Å²) < 4.78 is 26.8. The second-order valence-electron chi connectivity index (χ2n) is 4.36. The van der Waals surface area contributed by atoms with Gasteiger partial charge in [0.1, 0.15) is 5.75 Å². The third kappa shape index (κ3) is 3.43. The molecule has 7 heteroatoms. The second-order valence-corrected chi connectivity index (χ2v) is 6.04. The van der Waals surface area contributed by atoms with Gasteiger partial charge in [-0.2, -0.15) is 5.26 Å². The molecule has 0 unspecified atom stereocenters. The number of phenolic OH excluding ortho intramolecular Hbond substituents is 1. The highest BCUT2D eigenvalue weighted by Gasteiger charge is 2.15. The molecule has 108 valence electrons. The maximum absolute atomic E-state index is 12.2. The maximum Gasteiger partial charge on any atom is 0.261 e. The maximum atomic E-state index is 12.2. The molecule has 0 aliphatic rings. The Bertz CT molecular complexity index is 793. The summed E-state index contributed by atoms with van der Waals surface area (Å²) in [6.45, 7) is 0. The fraction of sp³-hybridized carbons (Fsp3) is 0.0714. The third-order valence-electron chi connectivity index (χ3n) is 2.80. The highest BCUT2D eigenvalue weighted by atomic mass is 32.2. The van der Waals surface area contributed by atoms with Crippen LogP contribution in [0.2, 0.25) is 0 Å². The van der Waals surface area contributed by atoms with E-state index in [1.165, 1.54) is 18.2 Å². The number of phenols is 1. The average molecular weight is 303 g/mol. The molecule has 0 radical (unpaired) electrons. The molecule has 0 saturated carbocycles. The Morgan fingerprint density at radius 3 is 2.43 bits per heavy atom. The Balaban J connectivity index is 2.24. The van der Waals surface area contributed by atoms with Crippen LogP contribution in [-0.4, -0.2) is 13.5 Å². The minimum atomic E-state index is -3.78. The number of aromatic hydroxyl groups is 1. The van der Waals surface area contributed by atoms with Gasteiger partial charge in [0.2, 0.25) is 0 Å². The largest absolute Gasteiger partial charge is 0.506 e. The number of nitrogens with zero attached hydrogens (tertiary/aromatic N) is 1. The van der Waals surface area contributed by atoms with Gasteiger partial charge in [-0.15, -0.1) is 0 Å². The number of hydrogen-bond donors (Lipinski definition) is 3. The summed E-state index contributed by atoms with van der Waals surface area (Å²) in [7, 11) is -3.78. The van der Waals surface area contributed by atoms with Crippen LogP contribution in [0.15, 0.2) is 47.4 Å². The summed E-state index contributed by atoms with van der Waals surface area (Å²) in [5.74, 6) is -0.171. The monoisotopic (exact) mass is 303 g/mol. The van der Waals surface area contributed by atoms with Gasteiger partial charge in [0.05, 0.1) is 23.1 Å². The lowest BCUT2D eigenvalue weighted by atomic mass is 10.1. The molecule has 0 fully saturated rings. The van der Waals surface area contributed by atoms with Gasteiger partial charge in [-0.25, -0.2) is 8.42 Å². The molecule has 0 heterocycles. The Morgan fingerprint density at radius 1 is 1.19 bits per heavy atom. The molecule has 6 nitrogen and oxygen atoms in total. The molecule has 0 saturated heterocycles. The first-order valence-corrected chi connectivity index (χ1v) is 7.48. The molecule has 0 aliphatic carbocycles. The highest BCUT2D eigenvalue weighted by Crippen LogP contribution is 2.24. The first-order chi connectivity index (χ1) is 9.92. The van der Waals surface area contributed by atoms with Crippen molar-refractivity contribution in [2.24, 2.45) is 0 Å². The van der Waals surface area contributed by atoms with Crippen LogP contribution in [0.25, 0.3) is 0 Å². The van der Waals surface area contributed by atoms with Crippen LogP contribution >= 0.6 is 0 Å². The van der Waals surface area contributed by atoms with Crippen molar-refractivity contribution >= 4 is 21.4 Å². The van der Waals surface area contributed by atoms with E-state index in [1.54, 1.807) is 24.3 Å². The lowest BCUT2D eigenvalue weighted by Crippen LogP contribution is -2.13. The van der Waals surface area contributed by atoms with E-state index in [-0.39, 0.29) is 22.8 Å². The van der Waals surface area contributed by atoms with E-state index in [1.807, 2.05) is 6.07 Å². The fourth-order valence-corrected chi connectivity index (χ4v) is 2.79. The van der Waals surface area contributed by atoms with Crippen LogP contribution in [0.5, 0.6) is 5.75 Å². The topological polar surface area (TPSA) is 116 Å². The molecule has 4 N–H and O–H groups in total. The molecule has 0 aliphatic heterocycles. The average Bonchev–Trinajstić information content (AvgIpc) is 2.44. The van der Waals surface area contributed by atoms with E-state index < -0.39 is 10.0 Å². The van der Waals surface area contributed by atoms with Gasteiger partial charge in [-0.3, -0.25) is 4.72 Å². The first kappa shape index (κ1) is 14.7. The fourth-order valence-electron chi connectivity index (χ4n) is 1.70. The lowest BCUT2D eigenvalue weighted by Gasteiger charge is -2.09. The van der Waals surface area contributed by atoms with Crippen LogP contribution in [0.3, 0.4) is 0 Å². The molecule has 0 atom stereocenters. The van der Waals surface area contributed by atoms with Gasteiger partial charge in [0, 0.05) is 5.69 Å². The standard InChI is InChI=1S/C14H13N3O3S/c15-8-7-10-1-3-11(4-2-10)17-21(19,20)12-5-6-14(18)13(16)9-12/h1-6,9,17-18H,7,16H2. The van der Waals surface area contributed by atoms with Crippen LogP contribution in [-0.2, 0) is 16.4 Å². The van der Waals surface area contributed by atoms with Crippen molar-refractivity contribution in [3.05, 3.63) is 48.0 Å². The zero-order valence-electron chi connectivity index (χ0n) is 10.9. The van der Waals surface area contributed by atoms with E-state index in [2.05, 4.69) is 4.72 Å². The summed E-state index contributed by atoms with van der Waals surface area (Å²) in [5, 5.41) is 17.9. The van der Waals surface area contributed by atoms with Crippen molar-refractivity contribution in [3.8, 4) is 11.8 Å². The van der Waals surface area contributed by atoms with Crippen LogP contribution in [0, 0.1) is 11.3 Å². The molecular weight excluding hydrogens is 290 g/mol. The molecule has 0 aromatic heterocycles. The predicted molar refractivity (Wildman–Crippen MR) is 79.1 cm³/mol. The lowest BCUT2D eigenvalue weighted by molar-refractivity contribution is 0.477. The normalized spacial score (nSPS) is 10.8. The molecule has 21 heavy (non-hydrogen) atoms. The Hall–Kier alpha value is -2.72. The number of nitrogens with two attached hydrogens (primary N) is 1. The first-order valence-electron chi connectivity index (χ1n) is 5.99. The summed E-state index contributed by atoms with van der Waals surface area (Å²) in [6.07, 6.45) is 0.265. The summed E-state index contributed by atoms with van der Waals surface area (Å²) in [6, 6.07) is 12.2. The molecule has 0 spiro atoms.